The fourth-order valence-electron chi connectivity index (χ4n) is 6.70. The summed E-state index contributed by atoms with van der Waals surface area (Å²) in [4.78, 5) is 38.0. The molecule has 5 rings (SSSR count). The smallest absolute Gasteiger partial charge is 0.326 e. The second-order valence-electron chi connectivity index (χ2n) is 9.86. The Morgan fingerprint density at radius 3 is 2.39 bits per heavy atom. The van der Waals surface area contributed by atoms with Gasteiger partial charge in [0.2, 0.25) is 5.91 Å². The number of carbonyl (C=O) groups is 3. The van der Waals surface area contributed by atoms with E-state index >= 15 is 0 Å². The molecule has 1 aliphatic heterocycles. The van der Waals surface area contributed by atoms with Crippen LogP contribution in [0.2, 0.25) is 0 Å². The van der Waals surface area contributed by atoms with Crippen LogP contribution in [-0.2, 0) is 19.1 Å². The molecule has 1 saturated heterocycles. The molecule has 5 fully saturated rings. The fraction of sp³-hybridized carbons (Fsp3) is 0.864. The zero-order valence-corrected chi connectivity index (χ0v) is 17.1. The molecule has 28 heavy (non-hydrogen) atoms. The molecule has 156 valence electrons. The summed E-state index contributed by atoms with van der Waals surface area (Å²) in [6, 6.07) is 0.124. The van der Waals surface area contributed by atoms with Gasteiger partial charge in [-0.25, -0.2) is 0 Å². The van der Waals surface area contributed by atoms with Gasteiger partial charge in [0.05, 0.1) is 0 Å². The molecule has 0 aromatic rings. The first-order chi connectivity index (χ1) is 13.4. The molecule has 1 N–H and O–H groups in total. The van der Waals surface area contributed by atoms with E-state index in [0.29, 0.717) is 13.0 Å². The fourth-order valence-corrected chi connectivity index (χ4v) is 6.70. The van der Waals surface area contributed by atoms with Gasteiger partial charge >= 0.3 is 5.97 Å². The molecule has 1 heterocycles. The standard InChI is InChI=1S/C22H34N2O4/c1-15(22-10-16-7-17(11-22)9-18(8-16)12-22)23-19(25)14-28-21(27)13-24-6-4-2-3-5-20(24)26/h15-18H,2-14H2,1H3,(H,23,25)/t15-,16?,17?,18?,22?/m0/s1. The van der Waals surface area contributed by atoms with Crippen LogP contribution in [0.4, 0.5) is 0 Å². The van der Waals surface area contributed by atoms with Crippen LogP contribution in [0.1, 0.15) is 71.1 Å². The van der Waals surface area contributed by atoms with Crippen molar-refractivity contribution in [3.63, 3.8) is 0 Å². The van der Waals surface area contributed by atoms with Crippen molar-refractivity contribution >= 4 is 17.8 Å². The van der Waals surface area contributed by atoms with Gasteiger partial charge in [0.15, 0.2) is 6.61 Å². The van der Waals surface area contributed by atoms with Crippen molar-refractivity contribution in [3.8, 4) is 0 Å². The normalized spacial score (nSPS) is 35.4. The Bertz CT molecular complexity index is 597. The lowest BCUT2D eigenvalue weighted by atomic mass is 9.48. The highest BCUT2D eigenvalue weighted by atomic mass is 16.5. The zero-order chi connectivity index (χ0) is 19.7. The van der Waals surface area contributed by atoms with Crippen molar-refractivity contribution < 1.29 is 19.1 Å². The first kappa shape index (κ1) is 19.7. The maximum atomic E-state index is 12.4. The maximum absolute atomic E-state index is 12.4. The van der Waals surface area contributed by atoms with Crippen molar-refractivity contribution in [3.05, 3.63) is 0 Å². The largest absolute Gasteiger partial charge is 0.454 e. The van der Waals surface area contributed by atoms with E-state index in [4.69, 9.17) is 4.74 Å². The van der Waals surface area contributed by atoms with E-state index in [1.54, 1.807) is 4.90 Å². The van der Waals surface area contributed by atoms with Gasteiger partial charge in [0, 0.05) is 19.0 Å². The van der Waals surface area contributed by atoms with Gasteiger partial charge < -0.3 is 15.0 Å². The number of hydrogen-bond donors (Lipinski definition) is 1. The van der Waals surface area contributed by atoms with Gasteiger partial charge in [-0.05, 0) is 81.5 Å². The Labute approximate surface area is 167 Å². The monoisotopic (exact) mass is 390 g/mol. The Hall–Kier alpha value is -1.59. The van der Waals surface area contributed by atoms with Crippen LogP contribution < -0.4 is 5.32 Å². The number of likely N-dealkylation sites (tertiary alicyclic amines) is 1. The minimum atomic E-state index is -0.493. The van der Waals surface area contributed by atoms with E-state index in [2.05, 4.69) is 12.2 Å². The summed E-state index contributed by atoms with van der Waals surface area (Å²) in [6.45, 7) is 2.43. The van der Waals surface area contributed by atoms with E-state index < -0.39 is 5.97 Å². The SMILES string of the molecule is C[C@H](NC(=O)COC(=O)CN1CCCCCC1=O)C12CC3CC(CC(C3)C1)C2. The highest BCUT2D eigenvalue weighted by Crippen LogP contribution is 2.61. The number of nitrogens with one attached hydrogen (secondary N) is 1. The molecule has 4 aliphatic carbocycles. The average Bonchev–Trinajstić information content (AvgIpc) is 2.83. The van der Waals surface area contributed by atoms with Crippen molar-refractivity contribution in [2.75, 3.05) is 19.7 Å². The molecule has 2 amide bonds. The number of esters is 1. The molecule has 4 saturated carbocycles. The summed E-state index contributed by atoms with van der Waals surface area (Å²) in [5.74, 6) is 1.82. The van der Waals surface area contributed by atoms with E-state index in [1.807, 2.05) is 0 Å². The summed E-state index contributed by atoms with van der Waals surface area (Å²) in [5, 5.41) is 3.12. The number of rotatable bonds is 6. The van der Waals surface area contributed by atoms with Gasteiger partial charge in [0.25, 0.3) is 5.91 Å². The minimum Gasteiger partial charge on any atom is -0.454 e. The average molecular weight is 391 g/mol. The summed E-state index contributed by atoms with van der Waals surface area (Å²) in [7, 11) is 0. The van der Waals surface area contributed by atoms with E-state index in [0.717, 1.165) is 37.0 Å². The van der Waals surface area contributed by atoms with Crippen LogP contribution in [0.3, 0.4) is 0 Å². The maximum Gasteiger partial charge on any atom is 0.326 e. The van der Waals surface area contributed by atoms with Gasteiger partial charge in [0.1, 0.15) is 6.54 Å². The third-order valence-corrected chi connectivity index (χ3v) is 7.74. The molecule has 0 radical (unpaired) electrons. The highest BCUT2D eigenvalue weighted by Gasteiger charge is 2.53. The Morgan fingerprint density at radius 1 is 1.11 bits per heavy atom. The molecule has 4 bridgehead atoms. The van der Waals surface area contributed by atoms with Crippen LogP contribution in [0.25, 0.3) is 0 Å². The molecule has 6 nitrogen and oxygen atoms in total. The molecule has 0 spiro atoms. The van der Waals surface area contributed by atoms with Crippen molar-refractivity contribution in [2.45, 2.75) is 77.2 Å². The predicted molar refractivity (Wildman–Crippen MR) is 104 cm³/mol. The number of nitrogens with zero attached hydrogens (tertiary/aromatic N) is 1. The molecule has 0 aromatic heterocycles. The zero-order valence-electron chi connectivity index (χ0n) is 17.1. The van der Waals surface area contributed by atoms with E-state index in [9.17, 15) is 14.4 Å². The third-order valence-electron chi connectivity index (χ3n) is 7.74. The predicted octanol–water partition coefficient (Wildman–Crippen LogP) is 2.65. The minimum absolute atomic E-state index is 0.00865. The molecule has 6 heteroatoms. The molecular weight excluding hydrogens is 356 g/mol. The quantitative estimate of drug-likeness (QED) is 0.708. The molecule has 1 atom stereocenters. The lowest BCUT2D eigenvalue weighted by Crippen LogP contribution is -2.56. The van der Waals surface area contributed by atoms with Crippen molar-refractivity contribution in [1.29, 1.82) is 0 Å². The van der Waals surface area contributed by atoms with Crippen LogP contribution in [0, 0.1) is 23.2 Å². The van der Waals surface area contributed by atoms with Gasteiger partial charge in [-0.15, -0.1) is 0 Å². The van der Waals surface area contributed by atoms with Gasteiger partial charge in [-0.1, -0.05) is 6.42 Å². The van der Waals surface area contributed by atoms with Crippen LogP contribution >= 0.6 is 0 Å². The lowest BCUT2D eigenvalue weighted by Gasteiger charge is -2.59. The van der Waals surface area contributed by atoms with Gasteiger partial charge in [-0.2, -0.15) is 0 Å². The summed E-state index contributed by atoms with van der Waals surface area (Å²) >= 11 is 0. The topological polar surface area (TPSA) is 75.7 Å². The number of hydrogen-bond acceptors (Lipinski definition) is 4. The van der Waals surface area contributed by atoms with Crippen molar-refractivity contribution in [2.24, 2.45) is 23.2 Å². The summed E-state index contributed by atoms with van der Waals surface area (Å²) in [6.07, 6.45) is 11.2. The first-order valence-electron chi connectivity index (χ1n) is 11.2. The second kappa shape index (κ2) is 8.03. The number of ether oxygens (including phenoxy) is 1. The molecule has 5 aliphatic rings. The second-order valence-corrected chi connectivity index (χ2v) is 9.86. The summed E-state index contributed by atoms with van der Waals surface area (Å²) < 4.78 is 5.17. The van der Waals surface area contributed by atoms with E-state index in [-0.39, 0.29) is 36.4 Å². The lowest BCUT2D eigenvalue weighted by molar-refractivity contribution is -0.153. The Balaban J connectivity index is 1.23. The van der Waals surface area contributed by atoms with E-state index in [1.165, 1.54) is 38.5 Å². The number of amides is 2. The number of carbonyl (C=O) groups excluding carboxylic acids is 3. The molecule has 0 unspecified atom stereocenters. The highest BCUT2D eigenvalue weighted by molar-refractivity contribution is 5.84. The van der Waals surface area contributed by atoms with Gasteiger partial charge in [-0.3, -0.25) is 14.4 Å². The van der Waals surface area contributed by atoms with Crippen LogP contribution in [-0.4, -0.2) is 48.4 Å². The summed E-state index contributed by atoms with van der Waals surface area (Å²) in [5.41, 5.74) is 0.243. The third kappa shape index (κ3) is 4.20. The molecule has 0 aromatic carbocycles. The molecular formula is C22H34N2O4. The first-order valence-corrected chi connectivity index (χ1v) is 11.2. The van der Waals surface area contributed by atoms with Crippen molar-refractivity contribution in [1.82, 2.24) is 10.2 Å². The van der Waals surface area contributed by atoms with Crippen LogP contribution in [0.5, 0.6) is 0 Å². The van der Waals surface area contributed by atoms with Crippen LogP contribution in [0.15, 0.2) is 0 Å². The Morgan fingerprint density at radius 2 is 1.75 bits per heavy atom. The Kier molecular flexibility index (Phi) is 5.66.